The van der Waals surface area contributed by atoms with Crippen molar-refractivity contribution < 1.29 is 9.13 Å². The van der Waals surface area contributed by atoms with Gasteiger partial charge in [-0.15, -0.1) is 0 Å². The zero-order valence-electron chi connectivity index (χ0n) is 12.0. The molecule has 2 heterocycles. The van der Waals surface area contributed by atoms with Gasteiger partial charge < -0.3 is 10.1 Å². The largest absolute Gasteiger partial charge is 0.436 e. The van der Waals surface area contributed by atoms with Crippen molar-refractivity contribution in [2.75, 3.05) is 13.1 Å². The van der Waals surface area contributed by atoms with Crippen LogP contribution in [0.4, 0.5) is 4.39 Å². The molecule has 1 saturated heterocycles. The van der Waals surface area contributed by atoms with E-state index >= 15 is 0 Å². The minimum atomic E-state index is -0.391. The molecule has 0 bridgehead atoms. The summed E-state index contributed by atoms with van der Waals surface area (Å²) in [6, 6.07) is 8.07. The SMILES string of the molecule is Cc1cc(Oc2ccccc2F)nc(C2CCNCC2)n1. The molecule has 1 N–H and O–H groups in total. The molecular formula is C16H18FN3O. The molecule has 0 atom stereocenters. The highest BCUT2D eigenvalue weighted by atomic mass is 19.1. The molecule has 1 aromatic heterocycles. The molecule has 0 amide bonds. The summed E-state index contributed by atoms with van der Waals surface area (Å²) in [6.45, 7) is 3.86. The summed E-state index contributed by atoms with van der Waals surface area (Å²) in [5, 5.41) is 3.32. The number of hydrogen-bond donors (Lipinski definition) is 1. The second kappa shape index (κ2) is 6.18. The monoisotopic (exact) mass is 287 g/mol. The fraction of sp³-hybridized carbons (Fsp3) is 0.375. The van der Waals surface area contributed by atoms with E-state index < -0.39 is 5.82 Å². The number of hydrogen-bond acceptors (Lipinski definition) is 4. The Bertz CT molecular complexity index is 627. The van der Waals surface area contributed by atoms with Gasteiger partial charge in [-0.3, -0.25) is 0 Å². The van der Waals surface area contributed by atoms with Crippen LogP contribution in [0.5, 0.6) is 11.6 Å². The summed E-state index contributed by atoms with van der Waals surface area (Å²) in [4.78, 5) is 8.97. The molecule has 0 saturated carbocycles. The fourth-order valence-corrected chi connectivity index (χ4v) is 2.52. The molecular weight excluding hydrogens is 269 g/mol. The van der Waals surface area contributed by atoms with Gasteiger partial charge in [-0.2, -0.15) is 4.98 Å². The standard InChI is InChI=1S/C16H18FN3O/c1-11-10-15(21-14-5-3-2-4-13(14)17)20-16(19-11)12-6-8-18-9-7-12/h2-5,10,12,18H,6-9H2,1H3. The molecule has 2 aromatic rings. The quantitative estimate of drug-likeness (QED) is 0.942. The first-order chi connectivity index (χ1) is 10.2. The third-order valence-corrected chi connectivity index (χ3v) is 3.60. The number of rotatable bonds is 3. The predicted molar refractivity (Wildman–Crippen MR) is 78.1 cm³/mol. The second-order valence-electron chi connectivity index (χ2n) is 5.26. The lowest BCUT2D eigenvalue weighted by Crippen LogP contribution is -2.27. The van der Waals surface area contributed by atoms with Crippen molar-refractivity contribution in [3.63, 3.8) is 0 Å². The minimum absolute atomic E-state index is 0.187. The lowest BCUT2D eigenvalue weighted by molar-refractivity contribution is 0.409. The van der Waals surface area contributed by atoms with Crippen LogP contribution in [-0.2, 0) is 0 Å². The van der Waals surface area contributed by atoms with Crippen LogP contribution in [-0.4, -0.2) is 23.1 Å². The summed E-state index contributed by atoms with van der Waals surface area (Å²) >= 11 is 0. The number of halogens is 1. The van der Waals surface area contributed by atoms with E-state index in [2.05, 4.69) is 15.3 Å². The van der Waals surface area contributed by atoms with Crippen molar-refractivity contribution in [3.05, 3.63) is 47.7 Å². The molecule has 1 aromatic carbocycles. The van der Waals surface area contributed by atoms with Gasteiger partial charge in [-0.1, -0.05) is 12.1 Å². The van der Waals surface area contributed by atoms with Gasteiger partial charge in [0.05, 0.1) is 0 Å². The van der Waals surface area contributed by atoms with Gasteiger partial charge in [0.1, 0.15) is 5.82 Å². The molecule has 110 valence electrons. The molecule has 0 spiro atoms. The highest BCUT2D eigenvalue weighted by molar-refractivity contribution is 5.29. The smallest absolute Gasteiger partial charge is 0.222 e. The van der Waals surface area contributed by atoms with Gasteiger partial charge >= 0.3 is 0 Å². The van der Waals surface area contributed by atoms with E-state index in [4.69, 9.17) is 4.74 Å². The molecule has 4 nitrogen and oxygen atoms in total. The maximum Gasteiger partial charge on any atom is 0.222 e. The Balaban J connectivity index is 1.85. The van der Waals surface area contributed by atoms with Crippen molar-refractivity contribution >= 4 is 0 Å². The first-order valence-electron chi connectivity index (χ1n) is 7.21. The Morgan fingerprint density at radius 3 is 2.71 bits per heavy atom. The fourth-order valence-electron chi connectivity index (χ4n) is 2.52. The number of nitrogens with zero attached hydrogens (tertiary/aromatic N) is 2. The van der Waals surface area contributed by atoms with E-state index in [0.29, 0.717) is 11.8 Å². The second-order valence-corrected chi connectivity index (χ2v) is 5.26. The van der Waals surface area contributed by atoms with Crippen LogP contribution in [0.2, 0.25) is 0 Å². The normalized spacial score (nSPS) is 15.9. The van der Waals surface area contributed by atoms with E-state index in [-0.39, 0.29) is 5.75 Å². The summed E-state index contributed by atoms with van der Waals surface area (Å²) in [6.07, 6.45) is 2.03. The maximum absolute atomic E-state index is 13.7. The number of nitrogens with one attached hydrogen (secondary N) is 1. The lowest BCUT2D eigenvalue weighted by atomic mass is 9.97. The summed E-state index contributed by atoms with van der Waals surface area (Å²) in [7, 11) is 0. The number of ether oxygens (including phenoxy) is 1. The number of para-hydroxylation sites is 1. The van der Waals surface area contributed by atoms with Crippen molar-refractivity contribution in [1.82, 2.24) is 15.3 Å². The zero-order chi connectivity index (χ0) is 14.7. The first-order valence-corrected chi connectivity index (χ1v) is 7.21. The lowest BCUT2D eigenvalue weighted by Gasteiger charge is -2.21. The van der Waals surface area contributed by atoms with Gasteiger partial charge in [-0.05, 0) is 45.0 Å². The zero-order valence-corrected chi connectivity index (χ0v) is 12.0. The number of benzene rings is 1. The molecule has 5 heteroatoms. The van der Waals surface area contributed by atoms with Crippen molar-refractivity contribution in [3.8, 4) is 11.6 Å². The highest BCUT2D eigenvalue weighted by Crippen LogP contribution is 2.27. The van der Waals surface area contributed by atoms with Crippen LogP contribution in [0, 0.1) is 12.7 Å². The Kier molecular flexibility index (Phi) is 4.10. The van der Waals surface area contributed by atoms with Crippen LogP contribution in [0.3, 0.4) is 0 Å². The molecule has 3 rings (SSSR count). The van der Waals surface area contributed by atoms with Crippen molar-refractivity contribution in [1.29, 1.82) is 0 Å². The Morgan fingerprint density at radius 2 is 1.95 bits per heavy atom. The summed E-state index contributed by atoms with van der Waals surface area (Å²) < 4.78 is 19.2. The molecule has 0 radical (unpaired) electrons. The van der Waals surface area contributed by atoms with Crippen LogP contribution in [0.15, 0.2) is 30.3 Å². The average Bonchev–Trinajstić information content (AvgIpc) is 2.50. The first kappa shape index (κ1) is 13.9. The van der Waals surface area contributed by atoms with Crippen LogP contribution >= 0.6 is 0 Å². The van der Waals surface area contributed by atoms with E-state index in [1.54, 1.807) is 24.3 Å². The third-order valence-electron chi connectivity index (χ3n) is 3.60. The van der Waals surface area contributed by atoms with Crippen LogP contribution in [0.1, 0.15) is 30.3 Å². The van der Waals surface area contributed by atoms with E-state index in [0.717, 1.165) is 37.4 Å². The highest BCUT2D eigenvalue weighted by Gasteiger charge is 2.19. The van der Waals surface area contributed by atoms with Crippen LogP contribution in [0.25, 0.3) is 0 Å². The number of aromatic nitrogens is 2. The molecule has 21 heavy (non-hydrogen) atoms. The summed E-state index contributed by atoms with van der Waals surface area (Å²) in [5.74, 6) is 1.34. The average molecular weight is 287 g/mol. The topological polar surface area (TPSA) is 47.0 Å². The van der Waals surface area contributed by atoms with Gasteiger partial charge in [0.15, 0.2) is 11.6 Å². The van der Waals surface area contributed by atoms with Crippen molar-refractivity contribution in [2.24, 2.45) is 0 Å². The number of aryl methyl sites for hydroxylation is 1. The molecule has 1 aliphatic rings. The predicted octanol–water partition coefficient (Wildman–Crippen LogP) is 3.18. The number of piperidine rings is 1. The summed E-state index contributed by atoms with van der Waals surface area (Å²) in [5.41, 5.74) is 0.838. The maximum atomic E-state index is 13.7. The Labute approximate surface area is 123 Å². The van der Waals surface area contributed by atoms with Gasteiger partial charge in [0.25, 0.3) is 0 Å². The molecule has 0 aliphatic carbocycles. The van der Waals surface area contributed by atoms with E-state index in [1.165, 1.54) is 6.07 Å². The van der Waals surface area contributed by atoms with Crippen LogP contribution < -0.4 is 10.1 Å². The molecule has 1 aliphatic heterocycles. The Hall–Kier alpha value is -2.01. The van der Waals surface area contributed by atoms with Gasteiger partial charge in [-0.25, -0.2) is 9.37 Å². The third kappa shape index (κ3) is 3.36. The van der Waals surface area contributed by atoms with Crippen molar-refractivity contribution in [2.45, 2.75) is 25.7 Å². The Morgan fingerprint density at radius 1 is 1.19 bits per heavy atom. The molecule has 1 fully saturated rings. The van der Waals surface area contributed by atoms with E-state index in [1.807, 2.05) is 6.92 Å². The minimum Gasteiger partial charge on any atom is -0.436 e. The van der Waals surface area contributed by atoms with E-state index in [9.17, 15) is 4.39 Å². The molecule has 0 unspecified atom stereocenters. The van der Waals surface area contributed by atoms with Gasteiger partial charge in [0, 0.05) is 17.7 Å². The van der Waals surface area contributed by atoms with Gasteiger partial charge in [0.2, 0.25) is 5.88 Å².